The topological polar surface area (TPSA) is 48.1 Å². The van der Waals surface area contributed by atoms with Crippen LogP contribution in [0, 0.1) is 0 Å². The van der Waals surface area contributed by atoms with Gasteiger partial charge in [0.15, 0.2) is 0 Å². The standard InChI is InChI=1S/C12H32N4Si/c1-9-17(10-2,15-13-11(3,4)5)16-14-12(6,7)8/h13-16H,9-10H2,1-8H3. The number of hydrogen-bond donors (Lipinski definition) is 4. The molecule has 0 aliphatic carbocycles. The van der Waals surface area contributed by atoms with Crippen LogP contribution in [0.4, 0.5) is 0 Å². The molecule has 0 fully saturated rings. The molecule has 0 bridgehead atoms. The van der Waals surface area contributed by atoms with Crippen molar-refractivity contribution in [1.29, 1.82) is 0 Å². The zero-order valence-corrected chi connectivity index (χ0v) is 13.9. The normalized spacial score (nSPS) is 14.1. The lowest BCUT2D eigenvalue weighted by Gasteiger charge is -2.37. The van der Waals surface area contributed by atoms with E-state index in [0.29, 0.717) is 0 Å². The highest BCUT2D eigenvalue weighted by atomic mass is 28.3. The molecular formula is C12H32N4Si. The molecule has 0 saturated carbocycles. The first-order chi connectivity index (χ1) is 7.54. The van der Waals surface area contributed by atoms with E-state index in [4.69, 9.17) is 0 Å². The van der Waals surface area contributed by atoms with Crippen molar-refractivity contribution in [2.75, 3.05) is 0 Å². The summed E-state index contributed by atoms with van der Waals surface area (Å²) < 4.78 is 0. The van der Waals surface area contributed by atoms with Crippen LogP contribution in [0.15, 0.2) is 0 Å². The van der Waals surface area contributed by atoms with Crippen LogP contribution >= 0.6 is 0 Å². The summed E-state index contributed by atoms with van der Waals surface area (Å²) in [7, 11) is -1.69. The van der Waals surface area contributed by atoms with E-state index in [2.05, 4.69) is 76.4 Å². The van der Waals surface area contributed by atoms with Crippen LogP contribution in [0.2, 0.25) is 12.1 Å². The second-order valence-corrected chi connectivity index (χ2v) is 10.9. The Morgan fingerprint density at radius 2 is 1.00 bits per heavy atom. The smallest absolute Gasteiger partial charge is 0.227 e. The predicted octanol–water partition coefficient (Wildman–Crippen LogP) is 2.25. The minimum atomic E-state index is -1.69. The number of rotatable bonds is 6. The molecule has 4 N–H and O–H groups in total. The molecule has 0 aliphatic heterocycles. The second kappa shape index (κ2) is 6.29. The maximum atomic E-state index is 3.56. The molecule has 0 unspecified atom stereocenters. The summed E-state index contributed by atoms with van der Waals surface area (Å²) >= 11 is 0. The SMILES string of the molecule is CC[Si](CC)(NNC(C)(C)C)NNC(C)(C)C. The van der Waals surface area contributed by atoms with Crippen LogP contribution in [0.1, 0.15) is 55.4 Å². The number of hydrazine groups is 2. The number of hydrogen-bond acceptors (Lipinski definition) is 4. The van der Waals surface area contributed by atoms with Crippen molar-refractivity contribution in [2.45, 2.75) is 78.6 Å². The molecule has 0 atom stereocenters. The monoisotopic (exact) mass is 260 g/mol. The van der Waals surface area contributed by atoms with Crippen molar-refractivity contribution < 1.29 is 0 Å². The molecule has 17 heavy (non-hydrogen) atoms. The summed E-state index contributed by atoms with van der Waals surface area (Å²) in [4.78, 5) is 0. The van der Waals surface area contributed by atoms with Crippen molar-refractivity contribution in [3.05, 3.63) is 0 Å². The lowest BCUT2D eigenvalue weighted by Crippen LogP contribution is -2.73. The summed E-state index contributed by atoms with van der Waals surface area (Å²) in [6.45, 7) is 17.5. The van der Waals surface area contributed by atoms with Gasteiger partial charge in [0.1, 0.15) is 0 Å². The van der Waals surface area contributed by atoms with Crippen molar-refractivity contribution in [1.82, 2.24) is 21.0 Å². The molecule has 104 valence electrons. The van der Waals surface area contributed by atoms with Gasteiger partial charge >= 0.3 is 0 Å². The van der Waals surface area contributed by atoms with Crippen LogP contribution in [0.3, 0.4) is 0 Å². The first kappa shape index (κ1) is 17.1. The molecule has 0 radical (unpaired) electrons. The van der Waals surface area contributed by atoms with E-state index in [1.165, 1.54) is 0 Å². The van der Waals surface area contributed by atoms with Gasteiger partial charge in [0, 0.05) is 11.1 Å². The second-order valence-electron chi connectivity index (χ2n) is 6.79. The van der Waals surface area contributed by atoms with Gasteiger partial charge < -0.3 is 0 Å². The summed E-state index contributed by atoms with van der Waals surface area (Å²) in [5.41, 5.74) is 7.00. The summed E-state index contributed by atoms with van der Waals surface area (Å²) in [5, 5.41) is 7.12. The number of nitrogens with one attached hydrogen (secondary N) is 4. The van der Waals surface area contributed by atoms with Crippen LogP contribution in [-0.2, 0) is 0 Å². The van der Waals surface area contributed by atoms with Gasteiger partial charge in [-0.2, -0.15) is 0 Å². The van der Waals surface area contributed by atoms with Crippen molar-refractivity contribution in [3.8, 4) is 0 Å². The highest BCUT2D eigenvalue weighted by molar-refractivity contribution is 6.74. The van der Waals surface area contributed by atoms with Crippen LogP contribution < -0.4 is 21.0 Å². The Bertz CT molecular complexity index is 194. The third-order valence-corrected chi connectivity index (χ3v) is 6.18. The Kier molecular flexibility index (Phi) is 6.31. The minimum Gasteiger partial charge on any atom is -0.263 e. The fourth-order valence-electron chi connectivity index (χ4n) is 1.25. The maximum absolute atomic E-state index is 3.56. The average molecular weight is 261 g/mol. The first-order valence-corrected chi connectivity index (χ1v) is 9.04. The molecule has 0 aliphatic rings. The summed E-state index contributed by atoms with van der Waals surface area (Å²) in [6, 6.07) is 2.27. The molecular weight excluding hydrogens is 228 g/mol. The molecule has 0 aromatic rings. The Labute approximate surface area is 108 Å². The fourth-order valence-corrected chi connectivity index (χ4v) is 3.75. The van der Waals surface area contributed by atoms with Crippen LogP contribution in [0.25, 0.3) is 0 Å². The molecule has 0 aromatic heterocycles. The zero-order chi connectivity index (χ0) is 13.7. The van der Waals surface area contributed by atoms with Crippen LogP contribution in [-0.4, -0.2) is 19.5 Å². The van der Waals surface area contributed by atoms with Gasteiger partial charge in [-0.05, 0) is 53.6 Å². The molecule has 5 heteroatoms. The minimum absolute atomic E-state index is 0.0893. The Hall–Kier alpha value is 0.0569. The van der Waals surface area contributed by atoms with Crippen molar-refractivity contribution in [2.24, 2.45) is 0 Å². The third-order valence-electron chi connectivity index (χ3n) is 2.56. The van der Waals surface area contributed by atoms with Gasteiger partial charge in [-0.25, -0.2) is 0 Å². The molecule has 0 heterocycles. The van der Waals surface area contributed by atoms with E-state index in [-0.39, 0.29) is 11.1 Å². The lowest BCUT2D eigenvalue weighted by molar-refractivity contribution is 0.374. The third kappa shape index (κ3) is 7.89. The van der Waals surface area contributed by atoms with Crippen molar-refractivity contribution >= 4 is 8.40 Å². The van der Waals surface area contributed by atoms with Crippen molar-refractivity contribution in [3.63, 3.8) is 0 Å². The van der Waals surface area contributed by atoms with Gasteiger partial charge in [0.2, 0.25) is 8.40 Å². The van der Waals surface area contributed by atoms with Gasteiger partial charge in [-0.1, -0.05) is 13.8 Å². The highest BCUT2D eigenvalue weighted by Gasteiger charge is 2.31. The lowest BCUT2D eigenvalue weighted by atomic mass is 10.1. The molecule has 4 nitrogen and oxygen atoms in total. The van der Waals surface area contributed by atoms with Gasteiger partial charge in [0.25, 0.3) is 0 Å². The van der Waals surface area contributed by atoms with E-state index in [9.17, 15) is 0 Å². The fraction of sp³-hybridized carbons (Fsp3) is 1.00. The zero-order valence-electron chi connectivity index (χ0n) is 12.9. The Balaban J connectivity index is 4.46. The molecule has 0 spiro atoms. The van der Waals surface area contributed by atoms with E-state index in [1.807, 2.05) is 0 Å². The maximum Gasteiger partial charge on any atom is 0.227 e. The molecule has 0 aromatic carbocycles. The molecule has 0 rings (SSSR count). The molecule has 0 amide bonds. The average Bonchev–Trinajstić information content (AvgIpc) is 2.16. The van der Waals surface area contributed by atoms with Crippen LogP contribution in [0.5, 0.6) is 0 Å². The Morgan fingerprint density at radius 3 is 1.18 bits per heavy atom. The summed E-state index contributed by atoms with van der Waals surface area (Å²) in [5.74, 6) is 0. The van der Waals surface area contributed by atoms with E-state index in [0.717, 1.165) is 12.1 Å². The molecule has 0 saturated heterocycles. The highest BCUT2D eigenvalue weighted by Crippen LogP contribution is 2.09. The van der Waals surface area contributed by atoms with Gasteiger partial charge in [-0.15, -0.1) is 0 Å². The van der Waals surface area contributed by atoms with Gasteiger partial charge in [0.05, 0.1) is 0 Å². The van der Waals surface area contributed by atoms with Gasteiger partial charge in [-0.3, -0.25) is 21.0 Å². The summed E-state index contributed by atoms with van der Waals surface area (Å²) in [6.07, 6.45) is 0. The first-order valence-electron chi connectivity index (χ1n) is 6.62. The predicted molar refractivity (Wildman–Crippen MR) is 78.8 cm³/mol. The van der Waals surface area contributed by atoms with E-state index in [1.54, 1.807) is 0 Å². The Morgan fingerprint density at radius 1 is 0.706 bits per heavy atom. The largest absolute Gasteiger partial charge is 0.263 e. The van der Waals surface area contributed by atoms with E-state index >= 15 is 0 Å². The van der Waals surface area contributed by atoms with E-state index < -0.39 is 8.40 Å². The quantitative estimate of drug-likeness (QED) is 0.437.